The van der Waals surface area contributed by atoms with Gasteiger partial charge in [-0.3, -0.25) is 4.99 Å². The zero-order valence-corrected chi connectivity index (χ0v) is 14.2. The number of nitrogens with zero attached hydrogens (tertiary/aromatic N) is 2. The van der Waals surface area contributed by atoms with Crippen LogP contribution < -0.4 is 10.6 Å². The Hall–Kier alpha value is -1.71. The lowest BCUT2D eigenvalue weighted by Crippen LogP contribution is -2.21. The first-order valence-electron chi connectivity index (χ1n) is 7.18. The van der Waals surface area contributed by atoms with E-state index in [1.54, 1.807) is 18.3 Å². The summed E-state index contributed by atoms with van der Waals surface area (Å²) in [5.74, 6) is 0. The molecule has 2 aromatic carbocycles. The van der Waals surface area contributed by atoms with E-state index in [1.807, 2.05) is 12.1 Å². The predicted molar refractivity (Wildman–Crippen MR) is 98.1 cm³/mol. The minimum atomic E-state index is 0.380. The second-order valence-corrected chi connectivity index (χ2v) is 5.66. The fraction of sp³-hybridized carbons (Fsp3) is 0.235. The van der Waals surface area contributed by atoms with E-state index < -0.39 is 0 Å². The number of hydrogen-bond donors (Lipinski definition) is 1. The molecule has 2 aromatic rings. The van der Waals surface area contributed by atoms with E-state index in [2.05, 4.69) is 35.9 Å². The van der Waals surface area contributed by atoms with Crippen LogP contribution in [0.25, 0.3) is 0 Å². The van der Waals surface area contributed by atoms with Gasteiger partial charge in [-0.1, -0.05) is 35.3 Å². The van der Waals surface area contributed by atoms with Crippen LogP contribution in [-0.4, -0.2) is 19.3 Å². The normalized spacial score (nSPS) is 11.1. The van der Waals surface area contributed by atoms with Crippen molar-refractivity contribution in [1.82, 2.24) is 0 Å². The number of halogens is 2. The summed E-state index contributed by atoms with van der Waals surface area (Å²) in [5, 5.41) is 0.827. The zero-order chi connectivity index (χ0) is 16.1. The molecule has 0 fully saturated rings. The van der Waals surface area contributed by atoms with Crippen LogP contribution in [0.15, 0.2) is 41.4 Å². The molecule has 0 heterocycles. The van der Waals surface area contributed by atoms with Gasteiger partial charge in [0, 0.05) is 25.0 Å². The minimum absolute atomic E-state index is 0.380. The molecule has 2 N–H and O–H groups in total. The van der Waals surface area contributed by atoms with Gasteiger partial charge in [-0.05, 0) is 43.7 Å². The molecule has 2 rings (SSSR count). The van der Waals surface area contributed by atoms with Gasteiger partial charge in [0.25, 0.3) is 0 Å². The molecule has 116 valence electrons. The van der Waals surface area contributed by atoms with Gasteiger partial charge in [-0.25, -0.2) is 0 Å². The van der Waals surface area contributed by atoms with Gasteiger partial charge in [0.05, 0.1) is 21.4 Å². The van der Waals surface area contributed by atoms with E-state index in [1.165, 1.54) is 5.69 Å². The number of nitrogens with two attached hydrogens (primary N) is 1. The molecule has 0 saturated heterocycles. The highest BCUT2D eigenvalue weighted by Crippen LogP contribution is 2.32. The molecule has 0 bridgehead atoms. The van der Waals surface area contributed by atoms with Gasteiger partial charge in [0.15, 0.2) is 0 Å². The van der Waals surface area contributed by atoms with Gasteiger partial charge >= 0.3 is 0 Å². The van der Waals surface area contributed by atoms with Crippen molar-refractivity contribution < 1.29 is 0 Å². The summed E-state index contributed by atoms with van der Waals surface area (Å²) >= 11 is 12.0. The number of nitrogen functional groups attached to an aromatic ring is 1. The standard InChI is InChI=1S/C17H19Cl2N3/c1-3-22(4-2)14-7-5-12(6-8-14)11-21-13-9-15(18)17(20)16(19)10-13/h5-11H,3-4,20H2,1-2H3. The number of rotatable bonds is 5. The Bertz CT molecular complexity index is 639. The molecule has 0 saturated carbocycles. The van der Waals surface area contributed by atoms with E-state index in [-0.39, 0.29) is 0 Å². The largest absolute Gasteiger partial charge is 0.396 e. The van der Waals surface area contributed by atoms with Crippen LogP contribution in [0.5, 0.6) is 0 Å². The topological polar surface area (TPSA) is 41.6 Å². The summed E-state index contributed by atoms with van der Waals surface area (Å²) in [6.07, 6.45) is 1.78. The van der Waals surface area contributed by atoms with Crippen LogP contribution in [0.4, 0.5) is 17.1 Å². The molecule has 0 aromatic heterocycles. The molecule has 0 radical (unpaired) electrons. The first-order chi connectivity index (χ1) is 10.5. The Morgan fingerprint density at radius 1 is 1.05 bits per heavy atom. The molecule has 0 amide bonds. The third-order valence-corrected chi connectivity index (χ3v) is 4.07. The average Bonchev–Trinajstić information content (AvgIpc) is 2.53. The van der Waals surface area contributed by atoms with Crippen molar-refractivity contribution in [2.75, 3.05) is 23.7 Å². The smallest absolute Gasteiger partial charge is 0.0694 e. The molecule has 3 nitrogen and oxygen atoms in total. The van der Waals surface area contributed by atoms with Crippen molar-refractivity contribution >= 4 is 46.5 Å². The lowest BCUT2D eigenvalue weighted by Gasteiger charge is -2.20. The molecule has 0 unspecified atom stereocenters. The second kappa shape index (κ2) is 7.52. The Balaban J connectivity index is 2.17. The van der Waals surface area contributed by atoms with E-state index in [4.69, 9.17) is 28.9 Å². The molecule has 0 aliphatic heterocycles. The Kier molecular flexibility index (Phi) is 5.69. The van der Waals surface area contributed by atoms with E-state index in [0.717, 1.165) is 18.7 Å². The van der Waals surface area contributed by atoms with Crippen molar-refractivity contribution in [2.24, 2.45) is 4.99 Å². The maximum absolute atomic E-state index is 6.00. The number of benzene rings is 2. The first kappa shape index (κ1) is 16.7. The van der Waals surface area contributed by atoms with Crippen LogP contribution >= 0.6 is 23.2 Å². The fourth-order valence-electron chi connectivity index (χ4n) is 2.15. The third kappa shape index (κ3) is 3.93. The maximum Gasteiger partial charge on any atom is 0.0694 e. The van der Waals surface area contributed by atoms with Crippen LogP contribution in [0.1, 0.15) is 19.4 Å². The van der Waals surface area contributed by atoms with Crippen LogP contribution in [0.2, 0.25) is 10.0 Å². The molecule has 0 aliphatic carbocycles. The predicted octanol–water partition coefficient (Wildman–Crippen LogP) is 5.17. The van der Waals surface area contributed by atoms with Crippen molar-refractivity contribution in [1.29, 1.82) is 0 Å². The Morgan fingerprint density at radius 3 is 2.09 bits per heavy atom. The van der Waals surface area contributed by atoms with Gasteiger partial charge < -0.3 is 10.6 Å². The fourth-order valence-corrected chi connectivity index (χ4v) is 2.63. The van der Waals surface area contributed by atoms with Gasteiger partial charge in [0.1, 0.15) is 0 Å². The summed E-state index contributed by atoms with van der Waals surface area (Å²) in [7, 11) is 0. The molecular weight excluding hydrogens is 317 g/mol. The number of anilines is 2. The lowest BCUT2D eigenvalue weighted by atomic mass is 10.2. The minimum Gasteiger partial charge on any atom is -0.396 e. The highest BCUT2D eigenvalue weighted by Gasteiger charge is 2.04. The van der Waals surface area contributed by atoms with E-state index in [0.29, 0.717) is 21.4 Å². The molecule has 0 aliphatic rings. The SMILES string of the molecule is CCN(CC)c1ccc(C=Nc2cc(Cl)c(N)c(Cl)c2)cc1. The third-order valence-electron chi connectivity index (χ3n) is 3.45. The highest BCUT2D eigenvalue weighted by molar-refractivity contribution is 6.39. The summed E-state index contributed by atoms with van der Waals surface area (Å²) in [6, 6.07) is 11.7. The molecular formula is C17H19Cl2N3. The van der Waals surface area contributed by atoms with Crippen molar-refractivity contribution in [3.8, 4) is 0 Å². The summed E-state index contributed by atoms with van der Waals surface area (Å²) in [4.78, 5) is 6.68. The molecule has 5 heteroatoms. The molecule has 0 atom stereocenters. The summed E-state index contributed by atoms with van der Waals surface area (Å²) in [5.41, 5.74) is 8.99. The van der Waals surface area contributed by atoms with Gasteiger partial charge in [-0.2, -0.15) is 0 Å². The Morgan fingerprint density at radius 2 is 1.59 bits per heavy atom. The average molecular weight is 336 g/mol. The molecule has 0 spiro atoms. The summed E-state index contributed by atoms with van der Waals surface area (Å²) in [6.45, 7) is 6.28. The van der Waals surface area contributed by atoms with Crippen LogP contribution in [0, 0.1) is 0 Å². The van der Waals surface area contributed by atoms with Crippen molar-refractivity contribution in [3.05, 3.63) is 52.0 Å². The van der Waals surface area contributed by atoms with Crippen LogP contribution in [0.3, 0.4) is 0 Å². The number of aliphatic imine (C=N–C) groups is 1. The van der Waals surface area contributed by atoms with Crippen LogP contribution in [-0.2, 0) is 0 Å². The Labute approximate surface area is 141 Å². The quantitative estimate of drug-likeness (QED) is 0.604. The lowest BCUT2D eigenvalue weighted by molar-refractivity contribution is 0.866. The van der Waals surface area contributed by atoms with Gasteiger partial charge in [-0.15, -0.1) is 0 Å². The highest BCUT2D eigenvalue weighted by atomic mass is 35.5. The van der Waals surface area contributed by atoms with Crippen molar-refractivity contribution in [2.45, 2.75) is 13.8 Å². The van der Waals surface area contributed by atoms with Crippen molar-refractivity contribution in [3.63, 3.8) is 0 Å². The summed E-state index contributed by atoms with van der Waals surface area (Å²) < 4.78 is 0. The number of hydrogen-bond acceptors (Lipinski definition) is 3. The monoisotopic (exact) mass is 335 g/mol. The van der Waals surface area contributed by atoms with E-state index >= 15 is 0 Å². The maximum atomic E-state index is 6.00. The van der Waals surface area contributed by atoms with Gasteiger partial charge in [0.2, 0.25) is 0 Å². The zero-order valence-electron chi connectivity index (χ0n) is 12.7. The second-order valence-electron chi connectivity index (χ2n) is 4.85. The van der Waals surface area contributed by atoms with E-state index in [9.17, 15) is 0 Å². The first-order valence-corrected chi connectivity index (χ1v) is 7.94. The molecule has 22 heavy (non-hydrogen) atoms.